The number of methoxy groups -OCH3 is 1. The minimum atomic E-state index is -0.458. The number of nitrogens with one attached hydrogen (secondary N) is 1. The van der Waals surface area contributed by atoms with Crippen LogP contribution in [0.5, 0.6) is 5.75 Å². The van der Waals surface area contributed by atoms with E-state index in [1.807, 2.05) is 25.1 Å². The van der Waals surface area contributed by atoms with Gasteiger partial charge in [0.2, 0.25) is 0 Å². The Morgan fingerprint density at radius 1 is 1.26 bits per heavy atom. The highest BCUT2D eigenvalue weighted by Gasteiger charge is 2.43. The van der Waals surface area contributed by atoms with Gasteiger partial charge in [0, 0.05) is 29.3 Å². The van der Waals surface area contributed by atoms with Crippen LogP contribution < -0.4 is 10.1 Å². The number of dihydropyridines is 1. The number of Topliss-reactive ketones (excluding diaryl/α,β-unsaturated/α-hetero) is 1. The predicted molar refractivity (Wildman–Crippen MR) is 125 cm³/mol. The minimum Gasteiger partial charge on any atom is -0.496 e. The number of ether oxygens (including phenoxy) is 2. The van der Waals surface area contributed by atoms with Crippen LogP contribution in [0.4, 0.5) is 0 Å². The molecule has 1 atom stereocenters. The SMILES string of the molecule is CCCCCOC(=O)C1=C(C)NC2=C(C(=O)CC(C)(C)C2)[C@@H]1c1ccc(OC)c(Br)c1. The molecule has 1 aliphatic carbocycles. The molecular weight excluding hydrogens is 458 g/mol. The molecule has 0 amide bonds. The number of carbonyl (C=O) groups excluding carboxylic acids is 2. The van der Waals surface area contributed by atoms with Crippen molar-refractivity contribution in [2.75, 3.05) is 13.7 Å². The normalized spacial score (nSPS) is 20.3. The van der Waals surface area contributed by atoms with Gasteiger partial charge in [0.15, 0.2) is 5.78 Å². The fourth-order valence-corrected chi connectivity index (χ4v) is 5.06. The van der Waals surface area contributed by atoms with Crippen molar-refractivity contribution in [2.24, 2.45) is 5.41 Å². The monoisotopic (exact) mass is 489 g/mol. The molecule has 1 aliphatic heterocycles. The van der Waals surface area contributed by atoms with Crippen LogP contribution in [-0.4, -0.2) is 25.5 Å². The summed E-state index contributed by atoms with van der Waals surface area (Å²) >= 11 is 3.55. The molecule has 6 heteroatoms. The second kappa shape index (κ2) is 9.60. The molecule has 1 heterocycles. The average Bonchev–Trinajstić information content (AvgIpc) is 2.69. The molecule has 0 saturated heterocycles. The summed E-state index contributed by atoms with van der Waals surface area (Å²) in [4.78, 5) is 26.5. The number of ketones is 1. The summed E-state index contributed by atoms with van der Waals surface area (Å²) in [6, 6.07) is 5.72. The topological polar surface area (TPSA) is 64.6 Å². The summed E-state index contributed by atoms with van der Waals surface area (Å²) in [7, 11) is 1.61. The van der Waals surface area contributed by atoms with Gasteiger partial charge >= 0.3 is 5.97 Å². The summed E-state index contributed by atoms with van der Waals surface area (Å²) in [5, 5.41) is 3.37. The van der Waals surface area contributed by atoms with Gasteiger partial charge in [0.1, 0.15) is 5.75 Å². The summed E-state index contributed by atoms with van der Waals surface area (Å²) in [6.07, 6.45) is 4.13. The van der Waals surface area contributed by atoms with Crippen molar-refractivity contribution >= 4 is 27.7 Å². The van der Waals surface area contributed by atoms with Gasteiger partial charge in [0.05, 0.1) is 23.8 Å². The number of hydrogen-bond acceptors (Lipinski definition) is 5. The molecule has 1 N–H and O–H groups in total. The fraction of sp³-hybridized carbons (Fsp3) is 0.520. The smallest absolute Gasteiger partial charge is 0.336 e. The Morgan fingerprint density at radius 2 is 2.00 bits per heavy atom. The van der Waals surface area contributed by atoms with E-state index in [1.54, 1.807) is 7.11 Å². The van der Waals surface area contributed by atoms with Gasteiger partial charge in [-0.05, 0) is 58.8 Å². The van der Waals surface area contributed by atoms with E-state index >= 15 is 0 Å². The zero-order chi connectivity index (χ0) is 22.8. The fourth-order valence-electron chi connectivity index (χ4n) is 4.50. The van der Waals surface area contributed by atoms with Crippen molar-refractivity contribution in [3.05, 3.63) is 50.8 Å². The van der Waals surface area contributed by atoms with E-state index in [1.165, 1.54) is 0 Å². The Kier molecular flexibility index (Phi) is 7.30. The van der Waals surface area contributed by atoms with Crippen molar-refractivity contribution in [3.63, 3.8) is 0 Å². The van der Waals surface area contributed by atoms with Crippen molar-refractivity contribution < 1.29 is 19.1 Å². The molecule has 1 aromatic carbocycles. The lowest BCUT2D eigenvalue weighted by Gasteiger charge is -2.39. The number of hydrogen-bond donors (Lipinski definition) is 1. The maximum atomic E-state index is 13.3. The van der Waals surface area contributed by atoms with Crippen molar-refractivity contribution in [2.45, 2.75) is 65.7 Å². The molecular formula is C25H32BrNO4. The molecule has 1 aromatic rings. The summed E-state index contributed by atoms with van der Waals surface area (Å²) < 4.78 is 11.8. The first-order valence-electron chi connectivity index (χ1n) is 10.9. The van der Waals surface area contributed by atoms with Crippen LogP contribution in [0, 0.1) is 5.41 Å². The highest BCUT2D eigenvalue weighted by atomic mass is 79.9. The molecule has 3 rings (SSSR count). The highest BCUT2D eigenvalue weighted by Crippen LogP contribution is 2.47. The van der Waals surface area contributed by atoms with Crippen LogP contribution in [0.1, 0.15) is 71.3 Å². The first-order valence-corrected chi connectivity index (χ1v) is 11.7. The standard InChI is InChI=1S/C25H32BrNO4/c1-6-7-8-11-31-24(29)21-15(2)27-18-13-25(3,4)14-19(28)23(18)22(21)16-9-10-20(30-5)17(26)12-16/h9-10,12,22,27H,6-8,11,13-14H2,1-5H3/t22-/m1/s1. The van der Waals surface area contributed by atoms with Gasteiger partial charge in [0.25, 0.3) is 0 Å². The predicted octanol–water partition coefficient (Wildman–Crippen LogP) is 5.80. The average molecular weight is 490 g/mol. The highest BCUT2D eigenvalue weighted by molar-refractivity contribution is 9.10. The van der Waals surface area contributed by atoms with Crippen LogP contribution in [0.2, 0.25) is 0 Å². The zero-order valence-electron chi connectivity index (χ0n) is 19.1. The lowest BCUT2D eigenvalue weighted by molar-refractivity contribution is -0.139. The van der Waals surface area contributed by atoms with E-state index in [0.717, 1.165) is 47.1 Å². The number of halogens is 1. The number of benzene rings is 1. The van der Waals surface area contributed by atoms with Crippen LogP contribution >= 0.6 is 15.9 Å². The van der Waals surface area contributed by atoms with Gasteiger partial charge < -0.3 is 14.8 Å². The van der Waals surface area contributed by atoms with Crippen molar-refractivity contribution in [1.82, 2.24) is 5.32 Å². The number of allylic oxidation sites excluding steroid dienone is 3. The molecule has 0 saturated carbocycles. The molecule has 0 unspecified atom stereocenters. The maximum absolute atomic E-state index is 13.3. The lowest BCUT2D eigenvalue weighted by Crippen LogP contribution is -2.38. The van der Waals surface area contributed by atoms with E-state index in [0.29, 0.717) is 29.9 Å². The van der Waals surface area contributed by atoms with Crippen LogP contribution in [0.25, 0.3) is 0 Å². The largest absolute Gasteiger partial charge is 0.496 e. The third kappa shape index (κ3) is 5.05. The third-order valence-corrected chi connectivity index (χ3v) is 6.57. The third-order valence-electron chi connectivity index (χ3n) is 5.95. The quantitative estimate of drug-likeness (QED) is 0.387. The van der Waals surface area contributed by atoms with Crippen molar-refractivity contribution in [1.29, 1.82) is 0 Å². The molecule has 0 bridgehead atoms. The van der Waals surface area contributed by atoms with Gasteiger partial charge in [-0.2, -0.15) is 0 Å². The Hall–Kier alpha value is -2.08. The molecule has 0 aromatic heterocycles. The van der Waals surface area contributed by atoms with Gasteiger partial charge in [-0.3, -0.25) is 4.79 Å². The maximum Gasteiger partial charge on any atom is 0.336 e. The van der Waals surface area contributed by atoms with E-state index in [2.05, 4.69) is 42.0 Å². The minimum absolute atomic E-state index is 0.0828. The molecule has 5 nitrogen and oxygen atoms in total. The second-order valence-electron chi connectivity index (χ2n) is 9.17. The number of rotatable bonds is 7. The van der Waals surface area contributed by atoms with E-state index in [-0.39, 0.29) is 17.2 Å². The Bertz CT molecular complexity index is 945. The zero-order valence-corrected chi connectivity index (χ0v) is 20.6. The van der Waals surface area contributed by atoms with E-state index < -0.39 is 5.92 Å². The van der Waals surface area contributed by atoms with Gasteiger partial charge in [-0.15, -0.1) is 0 Å². The Morgan fingerprint density at radius 3 is 2.65 bits per heavy atom. The van der Waals surface area contributed by atoms with Crippen LogP contribution in [-0.2, 0) is 14.3 Å². The summed E-state index contributed by atoms with van der Waals surface area (Å²) in [6.45, 7) is 8.60. The number of esters is 1. The Labute approximate surface area is 193 Å². The summed E-state index contributed by atoms with van der Waals surface area (Å²) in [5.41, 5.74) is 3.62. The lowest BCUT2D eigenvalue weighted by atomic mass is 9.68. The van der Waals surface area contributed by atoms with Crippen molar-refractivity contribution in [3.8, 4) is 5.75 Å². The number of carbonyl (C=O) groups is 2. The van der Waals surface area contributed by atoms with Gasteiger partial charge in [-0.1, -0.05) is 39.7 Å². The van der Waals surface area contributed by atoms with E-state index in [9.17, 15) is 9.59 Å². The van der Waals surface area contributed by atoms with E-state index in [4.69, 9.17) is 9.47 Å². The number of unbranched alkanes of at least 4 members (excludes halogenated alkanes) is 2. The second-order valence-corrected chi connectivity index (χ2v) is 10.0. The molecule has 2 aliphatic rings. The molecule has 168 valence electrons. The van der Waals surface area contributed by atoms with Crippen LogP contribution in [0.3, 0.4) is 0 Å². The Balaban J connectivity index is 2.06. The summed E-state index contributed by atoms with van der Waals surface area (Å²) in [5.74, 6) is -0.0326. The van der Waals surface area contributed by atoms with Crippen LogP contribution in [0.15, 0.2) is 45.2 Å². The molecule has 31 heavy (non-hydrogen) atoms. The molecule has 0 radical (unpaired) electrons. The first kappa shape index (κ1) is 23.6. The van der Waals surface area contributed by atoms with Gasteiger partial charge in [-0.25, -0.2) is 4.79 Å². The first-order chi connectivity index (χ1) is 14.7. The molecule has 0 spiro atoms. The molecule has 0 fully saturated rings.